The molecule has 2 heterocycles. The van der Waals surface area contributed by atoms with Crippen LogP contribution in [0.25, 0.3) is 5.69 Å². The molecule has 2 aromatic carbocycles. The molecule has 1 aliphatic heterocycles. The van der Waals surface area contributed by atoms with Gasteiger partial charge in [-0.2, -0.15) is 5.10 Å². The third kappa shape index (κ3) is 5.40. The predicted octanol–water partition coefficient (Wildman–Crippen LogP) is 3.25. The van der Waals surface area contributed by atoms with E-state index in [1.54, 1.807) is 4.68 Å². The largest absolute Gasteiger partial charge is 0.347 e. The number of carbonyl (C=O) groups excluding carboxylic acids is 1. The molecule has 31 heavy (non-hydrogen) atoms. The highest BCUT2D eigenvalue weighted by molar-refractivity contribution is 5.92. The van der Waals surface area contributed by atoms with Gasteiger partial charge in [0, 0.05) is 45.0 Å². The Kier molecular flexibility index (Phi) is 6.79. The number of aromatic nitrogens is 2. The molecule has 0 saturated carbocycles. The zero-order valence-corrected chi connectivity index (χ0v) is 18.4. The third-order valence-corrected chi connectivity index (χ3v) is 5.92. The van der Waals surface area contributed by atoms with Crippen LogP contribution in [0.1, 0.15) is 34.2 Å². The standard InChI is InChI=1S/C25H31N5O/c1-3-28-13-15-29(16-14-28)19-22-11-9-21(10-12-22)18-26-25(31)24-17-20(2)30(27-24)23-7-5-4-6-8-23/h4-12,17H,3,13-16,18-19H2,1-2H3,(H,26,31). The number of rotatable bonds is 7. The van der Waals surface area contributed by atoms with Crippen molar-refractivity contribution in [1.29, 1.82) is 0 Å². The van der Waals surface area contributed by atoms with Gasteiger partial charge in [-0.05, 0) is 42.8 Å². The molecule has 0 unspecified atom stereocenters. The van der Waals surface area contributed by atoms with Crippen LogP contribution in [0.4, 0.5) is 0 Å². The van der Waals surface area contributed by atoms with E-state index in [9.17, 15) is 4.79 Å². The molecule has 1 saturated heterocycles. The normalized spacial score (nSPS) is 15.2. The Morgan fingerprint density at radius 2 is 1.58 bits per heavy atom. The molecule has 6 heteroatoms. The maximum absolute atomic E-state index is 12.6. The first kappa shape index (κ1) is 21.3. The number of likely N-dealkylation sites (N-methyl/N-ethyl adjacent to an activating group) is 1. The zero-order valence-electron chi connectivity index (χ0n) is 18.4. The molecular weight excluding hydrogens is 386 g/mol. The van der Waals surface area contributed by atoms with Crippen LogP contribution in [0.15, 0.2) is 60.7 Å². The van der Waals surface area contributed by atoms with Gasteiger partial charge < -0.3 is 10.2 Å². The number of hydrogen-bond acceptors (Lipinski definition) is 4. The minimum absolute atomic E-state index is 0.157. The van der Waals surface area contributed by atoms with Gasteiger partial charge in [-0.25, -0.2) is 4.68 Å². The second-order valence-corrected chi connectivity index (χ2v) is 8.13. The van der Waals surface area contributed by atoms with Crippen LogP contribution in [-0.2, 0) is 13.1 Å². The fourth-order valence-corrected chi connectivity index (χ4v) is 3.97. The highest BCUT2D eigenvalue weighted by atomic mass is 16.1. The summed E-state index contributed by atoms with van der Waals surface area (Å²) < 4.78 is 1.80. The summed E-state index contributed by atoms with van der Waals surface area (Å²) in [6.07, 6.45) is 0. The molecule has 1 N–H and O–H groups in total. The van der Waals surface area contributed by atoms with E-state index in [0.29, 0.717) is 12.2 Å². The number of piperazine rings is 1. The predicted molar refractivity (Wildman–Crippen MR) is 123 cm³/mol. The smallest absolute Gasteiger partial charge is 0.272 e. The number of hydrogen-bond donors (Lipinski definition) is 1. The van der Waals surface area contributed by atoms with Crippen LogP contribution in [0.2, 0.25) is 0 Å². The van der Waals surface area contributed by atoms with Gasteiger partial charge in [-0.15, -0.1) is 0 Å². The Morgan fingerprint density at radius 1 is 0.935 bits per heavy atom. The molecule has 1 fully saturated rings. The van der Waals surface area contributed by atoms with E-state index in [4.69, 9.17) is 0 Å². The lowest BCUT2D eigenvalue weighted by Crippen LogP contribution is -2.45. The molecule has 0 bridgehead atoms. The molecule has 0 radical (unpaired) electrons. The highest BCUT2D eigenvalue weighted by Crippen LogP contribution is 2.13. The van der Waals surface area contributed by atoms with E-state index in [2.05, 4.69) is 51.4 Å². The summed E-state index contributed by atoms with van der Waals surface area (Å²) in [5.74, 6) is -0.157. The summed E-state index contributed by atoms with van der Waals surface area (Å²) in [6, 6.07) is 20.2. The second-order valence-electron chi connectivity index (χ2n) is 8.13. The number of amides is 1. The lowest BCUT2D eigenvalue weighted by atomic mass is 10.1. The topological polar surface area (TPSA) is 53.4 Å². The van der Waals surface area contributed by atoms with E-state index >= 15 is 0 Å². The summed E-state index contributed by atoms with van der Waals surface area (Å²) >= 11 is 0. The van der Waals surface area contributed by atoms with Crippen molar-refractivity contribution in [2.45, 2.75) is 26.9 Å². The van der Waals surface area contributed by atoms with Gasteiger partial charge >= 0.3 is 0 Å². The summed E-state index contributed by atoms with van der Waals surface area (Å²) in [5.41, 5.74) is 4.72. The van der Waals surface area contributed by atoms with Gasteiger partial charge in [0.2, 0.25) is 0 Å². The number of nitrogens with one attached hydrogen (secondary N) is 1. The van der Waals surface area contributed by atoms with E-state index in [0.717, 1.165) is 56.2 Å². The van der Waals surface area contributed by atoms with Crippen LogP contribution < -0.4 is 5.32 Å². The quantitative estimate of drug-likeness (QED) is 0.641. The number of nitrogens with zero attached hydrogens (tertiary/aromatic N) is 4. The molecule has 0 aliphatic carbocycles. The van der Waals surface area contributed by atoms with Crippen molar-refractivity contribution in [3.05, 3.63) is 83.2 Å². The van der Waals surface area contributed by atoms with Crippen molar-refractivity contribution in [2.24, 2.45) is 0 Å². The Morgan fingerprint density at radius 3 is 2.26 bits per heavy atom. The van der Waals surface area contributed by atoms with Crippen LogP contribution in [0, 0.1) is 6.92 Å². The van der Waals surface area contributed by atoms with E-state index < -0.39 is 0 Å². The first-order valence-electron chi connectivity index (χ1n) is 11.0. The third-order valence-electron chi connectivity index (χ3n) is 5.92. The van der Waals surface area contributed by atoms with Crippen molar-refractivity contribution in [2.75, 3.05) is 32.7 Å². The summed E-state index contributed by atoms with van der Waals surface area (Å²) in [5, 5.41) is 7.47. The molecule has 162 valence electrons. The first-order valence-corrected chi connectivity index (χ1v) is 11.0. The Balaban J connectivity index is 1.30. The molecule has 1 amide bonds. The SMILES string of the molecule is CCN1CCN(Cc2ccc(CNC(=O)c3cc(C)n(-c4ccccc4)n3)cc2)CC1. The highest BCUT2D eigenvalue weighted by Gasteiger charge is 2.16. The summed E-state index contributed by atoms with van der Waals surface area (Å²) in [7, 11) is 0. The summed E-state index contributed by atoms with van der Waals surface area (Å²) in [4.78, 5) is 17.6. The second kappa shape index (κ2) is 9.90. The Hall–Kier alpha value is -2.96. The average molecular weight is 418 g/mol. The molecule has 1 aromatic heterocycles. The number of benzene rings is 2. The summed E-state index contributed by atoms with van der Waals surface area (Å²) in [6.45, 7) is 11.4. The fraction of sp³-hybridized carbons (Fsp3) is 0.360. The van der Waals surface area contributed by atoms with Crippen molar-refractivity contribution in [3.63, 3.8) is 0 Å². The maximum atomic E-state index is 12.6. The molecule has 4 rings (SSSR count). The molecular formula is C25H31N5O. The minimum atomic E-state index is -0.157. The van der Waals surface area contributed by atoms with Gasteiger partial charge in [-0.1, -0.05) is 49.4 Å². The van der Waals surface area contributed by atoms with Crippen molar-refractivity contribution in [1.82, 2.24) is 24.9 Å². The zero-order chi connectivity index (χ0) is 21.6. The van der Waals surface area contributed by atoms with Gasteiger partial charge in [-0.3, -0.25) is 9.69 Å². The van der Waals surface area contributed by atoms with E-state index in [1.165, 1.54) is 5.56 Å². The minimum Gasteiger partial charge on any atom is -0.347 e. The lowest BCUT2D eigenvalue weighted by molar-refractivity contribution is 0.0945. The van der Waals surface area contributed by atoms with Crippen LogP contribution in [-0.4, -0.2) is 58.2 Å². The van der Waals surface area contributed by atoms with Gasteiger partial charge in [0.05, 0.1) is 5.69 Å². The van der Waals surface area contributed by atoms with Gasteiger partial charge in [0.25, 0.3) is 5.91 Å². The molecule has 0 atom stereocenters. The number of para-hydroxylation sites is 1. The number of aryl methyl sites for hydroxylation is 1. The molecule has 3 aromatic rings. The van der Waals surface area contributed by atoms with Crippen LogP contribution in [0.5, 0.6) is 0 Å². The van der Waals surface area contributed by atoms with Gasteiger partial charge in [0.1, 0.15) is 0 Å². The molecule has 6 nitrogen and oxygen atoms in total. The fourth-order valence-electron chi connectivity index (χ4n) is 3.97. The maximum Gasteiger partial charge on any atom is 0.272 e. The molecule has 1 aliphatic rings. The van der Waals surface area contributed by atoms with Gasteiger partial charge in [0.15, 0.2) is 5.69 Å². The number of carbonyl (C=O) groups is 1. The van der Waals surface area contributed by atoms with Crippen LogP contribution in [0.3, 0.4) is 0 Å². The monoisotopic (exact) mass is 417 g/mol. The van der Waals surface area contributed by atoms with Crippen molar-refractivity contribution >= 4 is 5.91 Å². The van der Waals surface area contributed by atoms with Crippen molar-refractivity contribution < 1.29 is 4.79 Å². The first-order chi connectivity index (χ1) is 15.1. The van der Waals surface area contributed by atoms with Crippen molar-refractivity contribution in [3.8, 4) is 5.69 Å². The Bertz CT molecular complexity index is 989. The molecule has 0 spiro atoms. The lowest BCUT2D eigenvalue weighted by Gasteiger charge is -2.34. The Labute approximate surface area is 184 Å². The van der Waals surface area contributed by atoms with Crippen LogP contribution >= 0.6 is 0 Å². The van der Waals surface area contributed by atoms with E-state index in [1.807, 2.05) is 43.3 Å². The average Bonchev–Trinajstić information content (AvgIpc) is 3.21. The van der Waals surface area contributed by atoms with E-state index in [-0.39, 0.29) is 5.91 Å².